The Balaban J connectivity index is 2.98. The van der Waals surface area contributed by atoms with Crippen molar-refractivity contribution in [2.45, 2.75) is 230 Å². The molecule has 14 heteroatoms. The fourth-order valence-electron chi connectivity index (χ4n) is 7.55. The van der Waals surface area contributed by atoms with Crippen LogP contribution in [-0.4, -0.2) is 112 Å². The number of ether oxygens (including phenoxy) is 2. The molecule has 1 saturated heterocycles. The predicted octanol–water partition coefficient (Wildman–Crippen LogP) is 5.79. The molecule has 340 valence electrons. The van der Waals surface area contributed by atoms with Gasteiger partial charge in [-0.15, -0.1) is 0 Å². The number of hydrogen-bond acceptors (Lipinski definition) is 10. The smallest absolute Gasteiger partial charge is 0.303 e. The molecule has 1 aliphatic rings. The van der Waals surface area contributed by atoms with E-state index in [0.29, 0.717) is 12.8 Å². The van der Waals surface area contributed by atoms with Crippen molar-refractivity contribution in [3.8, 4) is 0 Å². The van der Waals surface area contributed by atoms with Crippen molar-refractivity contribution < 1.29 is 54.2 Å². The number of aliphatic hydroxyl groups is 4. The number of unbranched alkanes of at least 4 members (excludes halogenated alkanes) is 21. The third-order valence-corrected chi connectivity index (χ3v) is 11.4. The lowest BCUT2D eigenvalue weighted by Crippen LogP contribution is -2.60. The Bertz CT molecular complexity index is 1080. The summed E-state index contributed by atoms with van der Waals surface area (Å²) in [6.07, 6.45) is 20.2. The number of aliphatic carboxylic acids is 1. The average Bonchev–Trinajstić information content (AvgIpc) is 3.21. The van der Waals surface area contributed by atoms with Crippen molar-refractivity contribution in [3.63, 3.8) is 0 Å². The highest BCUT2D eigenvalue weighted by atomic mass is 16.7. The van der Waals surface area contributed by atoms with Crippen LogP contribution >= 0.6 is 0 Å². The molecule has 0 saturated carbocycles. The highest BCUT2D eigenvalue weighted by Gasteiger charge is 2.44. The van der Waals surface area contributed by atoms with E-state index in [9.17, 15) is 44.7 Å². The number of amides is 3. The maximum absolute atomic E-state index is 14.0. The van der Waals surface area contributed by atoms with Crippen molar-refractivity contribution >= 4 is 23.7 Å². The van der Waals surface area contributed by atoms with Crippen LogP contribution in [-0.2, 0) is 28.7 Å². The van der Waals surface area contributed by atoms with Gasteiger partial charge in [-0.05, 0) is 19.3 Å². The van der Waals surface area contributed by atoms with E-state index in [1.54, 1.807) is 0 Å². The Hall–Kier alpha value is -2.36. The Morgan fingerprint density at radius 1 is 0.569 bits per heavy atom. The van der Waals surface area contributed by atoms with Gasteiger partial charge in [0.25, 0.3) is 0 Å². The van der Waals surface area contributed by atoms with E-state index in [1.165, 1.54) is 103 Å². The van der Waals surface area contributed by atoms with Crippen molar-refractivity contribution in [2.24, 2.45) is 5.92 Å². The molecule has 8 atom stereocenters. The normalized spacial score (nSPS) is 20.9. The first-order chi connectivity index (χ1) is 28.0. The van der Waals surface area contributed by atoms with Crippen LogP contribution in [0, 0.1) is 5.92 Å². The van der Waals surface area contributed by atoms with Gasteiger partial charge >= 0.3 is 5.97 Å². The standard InChI is InChI=1S/C44H83N3O11/c1-4-6-8-10-12-14-16-18-20-22-24-26-28-33(27-25-23-21-19-17-15-13-11-9-7-5-2)41(54)47-35(43(56)46-34(42(55)45-3)29-30-37(49)50)32-57-44-40(53)39(52)38(51)36(31-48)58-44/h33-36,38-40,44,48,51-53H,4-32H2,1-3H3,(H,45,55)(H,46,56)(H,47,54)(H,49,50)/t33?,34-,35+,36+,38+,39-,40-,44-/m0/s1. The number of carboxylic acid groups (broad SMARTS) is 1. The van der Waals surface area contributed by atoms with Crippen LogP contribution in [0.4, 0.5) is 0 Å². The second-order valence-electron chi connectivity index (χ2n) is 16.4. The van der Waals surface area contributed by atoms with Crippen LogP contribution in [0.5, 0.6) is 0 Å². The van der Waals surface area contributed by atoms with Crippen LogP contribution in [0.3, 0.4) is 0 Å². The maximum atomic E-state index is 14.0. The lowest BCUT2D eigenvalue weighted by atomic mass is 9.92. The SMILES string of the molecule is CCCCCCCCCCCCCCC(CCCCCCCCCCCCC)C(=O)N[C@H](CO[C@H]1O[C@H](CO)[C@@H](O)[C@H](O)[C@@H]1O)C(=O)N[C@@H](CCC(=O)O)C(=O)NC. The third kappa shape index (κ3) is 24.0. The minimum absolute atomic E-state index is 0.199. The van der Waals surface area contributed by atoms with E-state index in [1.807, 2.05) is 0 Å². The van der Waals surface area contributed by atoms with Gasteiger partial charge in [0.2, 0.25) is 17.7 Å². The Morgan fingerprint density at radius 2 is 1.00 bits per heavy atom. The molecule has 58 heavy (non-hydrogen) atoms. The molecule has 1 unspecified atom stereocenters. The average molecular weight is 830 g/mol. The van der Waals surface area contributed by atoms with Gasteiger partial charge in [-0.3, -0.25) is 19.2 Å². The summed E-state index contributed by atoms with van der Waals surface area (Å²) in [4.78, 5) is 51.6. The molecule has 1 fully saturated rings. The lowest BCUT2D eigenvalue weighted by Gasteiger charge is -2.40. The molecule has 3 amide bonds. The van der Waals surface area contributed by atoms with Crippen LogP contribution < -0.4 is 16.0 Å². The summed E-state index contributed by atoms with van der Waals surface area (Å²) in [7, 11) is 1.36. The number of rotatable bonds is 37. The monoisotopic (exact) mass is 830 g/mol. The molecular weight excluding hydrogens is 746 g/mol. The molecular formula is C44H83N3O11. The lowest BCUT2D eigenvalue weighted by molar-refractivity contribution is -0.301. The van der Waals surface area contributed by atoms with E-state index in [2.05, 4.69) is 29.8 Å². The molecule has 0 aromatic heterocycles. The molecule has 1 rings (SSSR count). The number of likely N-dealkylation sites (N-methyl/N-ethyl adjacent to an activating group) is 1. The number of carbonyl (C=O) groups excluding carboxylic acids is 3. The number of nitrogens with one attached hydrogen (secondary N) is 3. The largest absolute Gasteiger partial charge is 0.481 e. The number of carboxylic acids is 1. The maximum Gasteiger partial charge on any atom is 0.303 e. The van der Waals surface area contributed by atoms with Crippen LogP contribution in [0.2, 0.25) is 0 Å². The zero-order valence-corrected chi connectivity index (χ0v) is 36.3. The van der Waals surface area contributed by atoms with Crippen LogP contribution in [0.1, 0.15) is 187 Å². The molecule has 0 radical (unpaired) electrons. The molecule has 1 aliphatic heterocycles. The van der Waals surface area contributed by atoms with Gasteiger partial charge in [-0.1, -0.05) is 162 Å². The third-order valence-electron chi connectivity index (χ3n) is 11.4. The summed E-state index contributed by atoms with van der Waals surface area (Å²) in [5.41, 5.74) is 0. The summed E-state index contributed by atoms with van der Waals surface area (Å²) in [5.74, 6) is -3.31. The molecule has 0 spiro atoms. The minimum atomic E-state index is -1.73. The fourth-order valence-corrected chi connectivity index (χ4v) is 7.55. The minimum Gasteiger partial charge on any atom is -0.481 e. The Kier molecular flexibility index (Phi) is 31.8. The molecule has 0 aliphatic carbocycles. The van der Waals surface area contributed by atoms with Crippen molar-refractivity contribution in [1.82, 2.24) is 16.0 Å². The van der Waals surface area contributed by atoms with Crippen molar-refractivity contribution in [2.75, 3.05) is 20.3 Å². The second-order valence-corrected chi connectivity index (χ2v) is 16.4. The molecule has 0 bridgehead atoms. The summed E-state index contributed by atoms with van der Waals surface area (Å²) >= 11 is 0. The first-order valence-electron chi connectivity index (χ1n) is 23.0. The van der Waals surface area contributed by atoms with E-state index >= 15 is 0 Å². The molecule has 0 aromatic rings. The van der Waals surface area contributed by atoms with Gasteiger partial charge in [-0.25, -0.2) is 0 Å². The summed E-state index contributed by atoms with van der Waals surface area (Å²) < 4.78 is 11.2. The van der Waals surface area contributed by atoms with E-state index in [-0.39, 0.29) is 18.2 Å². The summed E-state index contributed by atoms with van der Waals surface area (Å²) in [5, 5.41) is 57.6. The van der Waals surface area contributed by atoms with Gasteiger partial charge in [0, 0.05) is 19.4 Å². The number of carbonyl (C=O) groups is 4. The van der Waals surface area contributed by atoms with Crippen molar-refractivity contribution in [3.05, 3.63) is 0 Å². The zero-order valence-electron chi connectivity index (χ0n) is 36.3. The first kappa shape index (κ1) is 53.7. The zero-order chi connectivity index (χ0) is 43.0. The van der Waals surface area contributed by atoms with Gasteiger partial charge in [-0.2, -0.15) is 0 Å². The highest BCUT2D eigenvalue weighted by Crippen LogP contribution is 2.24. The first-order valence-corrected chi connectivity index (χ1v) is 23.0. The molecule has 0 aromatic carbocycles. The second kappa shape index (κ2) is 34.4. The van der Waals surface area contributed by atoms with Crippen LogP contribution in [0.25, 0.3) is 0 Å². The Morgan fingerprint density at radius 3 is 1.41 bits per heavy atom. The van der Waals surface area contributed by atoms with E-state index < -0.39 is 80.2 Å². The predicted molar refractivity (Wildman–Crippen MR) is 225 cm³/mol. The van der Waals surface area contributed by atoms with Crippen molar-refractivity contribution in [1.29, 1.82) is 0 Å². The van der Waals surface area contributed by atoms with Gasteiger partial charge < -0.3 is 51.0 Å². The highest BCUT2D eigenvalue weighted by molar-refractivity contribution is 5.92. The number of hydrogen-bond donors (Lipinski definition) is 8. The van der Waals surface area contributed by atoms with E-state index in [0.717, 1.165) is 51.4 Å². The summed E-state index contributed by atoms with van der Waals surface area (Å²) in [6, 6.07) is -2.60. The molecule has 1 heterocycles. The van der Waals surface area contributed by atoms with Gasteiger partial charge in [0.1, 0.15) is 36.5 Å². The topological polar surface area (TPSA) is 224 Å². The quantitative estimate of drug-likeness (QED) is 0.0350. The number of aliphatic hydroxyl groups excluding tert-OH is 4. The summed E-state index contributed by atoms with van der Waals surface area (Å²) in [6.45, 7) is 3.22. The van der Waals surface area contributed by atoms with Gasteiger partial charge in [0.15, 0.2) is 6.29 Å². The van der Waals surface area contributed by atoms with E-state index in [4.69, 9.17) is 9.47 Å². The van der Waals surface area contributed by atoms with Gasteiger partial charge in [0.05, 0.1) is 13.2 Å². The Labute approximate surface area is 349 Å². The van der Waals surface area contributed by atoms with Crippen LogP contribution in [0.15, 0.2) is 0 Å². The fraction of sp³-hybridized carbons (Fsp3) is 0.909. The molecule has 8 N–H and O–H groups in total. The molecule has 14 nitrogen and oxygen atoms in total.